The molecule has 2 unspecified atom stereocenters. The van der Waals surface area contributed by atoms with Crippen molar-refractivity contribution in [3.63, 3.8) is 0 Å². The molecule has 0 bridgehead atoms. The number of fused-ring (bicyclic) bond motifs is 1. The quantitative estimate of drug-likeness (QED) is 0.593. The van der Waals surface area contributed by atoms with Gasteiger partial charge in [0.1, 0.15) is 0 Å². The summed E-state index contributed by atoms with van der Waals surface area (Å²) >= 11 is 0. The van der Waals surface area contributed by atoms with Gasteiger partial charge in [-0.3, -0.25) is 4.79 Å². The Bertz CT molecular complexity index is 984. The van der Waals surface area contributed by atoms with E-state index in [2.05, 4.69) is 85.8 Å². The lowest BCUT2D eigenvalue weighted by molar-refractivity contribution is -0.131. The highest BCUT2D eigenvalue weighted by Gasteiger charge is 2.38. The highest BCUT2D eigenvalue weighted by molar-refractivity contribution is 5.93. The zero-order valence-corrected chi connectivity index (χ0v) is 16.7. The van der Waals surface area contributed by atoms with Crippen LogP contribution in [0.1, 0.15) is 50.3 Å². The van der Waals surface area contributed by atoms with E-state index in [9.17, 15) is 4.79 Å². The number of aryl methyl sites for hydroxylation is 2. The van der Waals surface area contributed by atoms with E-state index < -0.39 is 0 Å². The molecule has 2 aromatic carbocycles. The molecular formula is C24H28N2O. The summed E-state index contributed by atoms with van der Waals surface area (Å²) in [6, 6.07) is 17.7. The summed E-state index contributed by atoms with van der Waals surface area (Å²) in [5.74, 6) is 0.289. The molecule has 0 aliphatic carbocycles. The van der Waals surface area contributed by atoms with E-state index in [0.29, 0.717) is 6.42 Å². The van der Waals surface area contributed by atoms with Crippen molar-refractivity contribution in [3.8, 4) is 11.3 Å². The predicted molar refractivity (Wildman–Crippen MR) is 112 cm³/mol. The van der Waals surface area contributed by atoms with Gasteiger partial charge in [0.25, 0.3) is 0 Å². The Kier molecular flexibility index (Phi) is 4.55. The highest BCUT2D eigenvalue weighted by Crippen LogP contribution is 2.44. The Hall–Kier alpha value is -2.55. The lowest BCUT2D eigenvalue weighted by Crippen LogP contribution is -2.35. The summed E-state index contributed by atoms with van der Waals surface area (Å²) in [5, 5.41) is 1.27. The number of nitrogens with zero attached hydrogens (tertiary/aromatic N) is 2. The third kappa shape index (κ3) is 2.86. The van der Waals surface area contributed by atoms with Crippen LogP contribution in [0.25, 0.3) is 22.2 Å². The van der Waals surface area contributed by atoms with Crippen LogP contribution in [0.15, 0.2) is 48.5 Å². The molecule has 2 atom stereocenters. The summed E-state index contributed by atoms with van der Waals surface area (Å²) < 4.78 is 2.30. The molecule has 4 rings (SSSR count). The standard InChI is InChI=1S/C24H28N2O/c1-5-17(3)26-21(14-15-22(26)27)23-19-8-6-7-9-20(19)25(4)24(23)18-12-10-16(2)11-13-18/h6-13,17,21H,5,14-15H2,1-4H3. The molecule has 27 heavy (non-hydrogen) atoms. The second-order valence-corrected chi connectivity index (χ2v) is 7.82. The van der Waals surface area contributed by atoms with Crippen molar-refractivity contribution in [2.75, 3.05) is 0 Å². The fourth-order valence-corrected chi connectivity index (χ4v) is 4.56. The number of carbonyl (C=O) groups excluding carboxylic acids is 1. The lowest BCUT2D eigenvalue weighted by Gasteiger charge is -2.31. The lowest BCUT2D eigenvalue weighted by atomic mass is 9.96. The first kappa shape index (κ1) is 17.8. The van der Waals surface area contributed by atoms with Gasteiger partial charge >= 0.3 is 0 Å². The van der Waals surface area contributed by atoms with Gasteiger partial charge in [0, 0.05) is 36.0 Å². The molecule has 2 heterocycles. The first-order valence-electron chi connectivity index (χ1n) is 9.98. The number of aromatic nitrogens is 1. The summed E-state index contributed by atoms with van der Waals surface area (Å²) in [6.45, 7) is 6.46. The van der Waals surface area contributed by atoms with Crippen molar-refractivity contribution < 1.29 is 4.79 Å². The summed E-state index contributed by atoms with van der Waals surface area (Å²) in [5.41, 5.74) is 6.26. The SMILES string of the molecule is CCC(C)N1C(=O)CCC1c1c(-c2ccc(C)cc2)n(C)c2ccccc12. The van der Waals surface area contributed by atoms with Crippen LogP contribution < -0.4 is 0 Å². The van der Waals surface area contributed by atoms with Crippen LogP contribution in [0.2, 0.25) is 0 Å². The zero-order chi connectivity index (χ0) is 19.1. The first-order chi connectivity index (χ1) is 13.0. The third-order valence-corrected chi connectivity index (χ3v) is 6.13. The van der Waals surface area contributed by atoms with E-state index in [-0.39, 0.29) is 18.0 Å². The van der Waals surface area contributed by atoms with E-state index in [1.807, 2.05) is 0 Å². The van der Waals surface area contributed by atoms with Crippen LogP contribution in [0, 0.1) is 6.92 Å². The van der Waals surface area contributed by atoms with E-state index in [1.54, 1.807) is 0 Å². The second kappa shape index (κ2) is 6.88. The number of benzene rings is 2. The van der Waals surface area contributed by atoms with Gasteiger partial charge in [-0.1, -0.05) is 55.0 Å². The molecule has 1 aliphatic rings. The van der Waals surface area contributed by atoms with Gasteiger partial charge in [-0.15, -0.1) is 0 Å². The van der Waals surface area contributed by atoms with Crippen LogP contribution in [0.4, 0.5) is 0 Å². The molecule has 140 valence electrons. The van der Waals surface area contributed by atoms with Crippen LogP contribution in [0.3, 0.4) is 0 Å². The average Bonchev–Trinajstić information content (AvgIpc) is 3.20. The molecule has 1 fully saturated rings. The zero-order valence-electron chi connectivity index (χ0n) is 16.7. The van der Waals surface area contributed by atoms with Gasteiger partial charge in [-0.25, -0.2) is 0 Å². The number of likely N-dealkylation sites (tertiary alicyclic amines) is 1. The highest BCUT2D eigenvalue weighted by atomic mass is 16.2. The summed E-state index contributed by atoms with van der Waals surface area (Å²) in [6.07, 6.45) is 2.52. The maximum absolute atomic E-state index is 12.7. The topological polar surface area (TPSA) is 25.2 Å². The molecule has 1 amide bonds. The maximum Gasteiger partial charge on any atom is 0.223 e. The molecule has 0 saturated carbocycles. The monoisotopic (exact) mass is 360 g/mol. The third-order valence-electron chi connectivity index (χ3n) is 6.13. The first-order valence-corrected chi connectivity index (χ1v) is 9.98. The maximum atomic E-state index is 12.7. The minimum atomic E-state index is 0.148. The van der Waals surface area contributed by atoms with Crippen molar-refractivity contribution >= 4 is 16.8 Å². The number of para-hydroxylation sites is 1. The van der Waals surface area contributed by atoms with Crippen molar-refractivity contribution in [2.24, 2.45) is 7.05 Å². The average molecular weight is 361 g/mol. The Morgan fingerprint density at radius 1 is 1.11 bits per heavy atom. The van der Waals surface area contributed by atoms with Gasteiger partial charge in [-0.2, -0.15) is 0 Å². The van der Waals surface area contributed by atoms with Crippen molar-refractivity contribution in [3.05, 3.63) is 59.7 Å². The summed E-state index contributed by atoms with van der Waals surface area (Å²) in [7, 11) is 2.14. The van der Waals surface area contributed by atoms with Crippen molar-refractivity contribution in [1.82, 2.24) is 9.47 Å². The Labute approximate surface area is 161 Å². The molecule has 0 N–H and O–H groups in total. The predicted octanol–water partition coefficient (Wildman–Crippen LogP) is 5.62. The minimum Gasteiger partial charge on any atom is -0.343 e. The van der Waals surface area contributed by atoms with Crippen LogP contribution in [-0.4, -0.2) is 21.4 Å². The molecule has 0 radical (unpaired) electrons. The van der Waals surface area contributed by atoms with Crippen LogP contribution in [0.5, 0.6) is 0 Å². The van der Waals surface area contributed by atoms with E-state index in [1.165, 1.54) is 33.3 Å². The fraction of sp³-hybridized carbons (Fsp3) is 0.375. The Morgan fingerprint density at radius 2 is 1.81 bits per heavy atom. The Balaban J connectivity index is 1.98. The molecule has 1 aromatic heterocycles. The largest absolute Gasteiger partial charge is 0.343 e. The van der Waals surface area contributed by atoms with Gasteiger partial charge in [0.2, 0.25) is 5.91 Å². The van der Waals surface area contributed by atoms with E-state index in [4.69, 9.17) is 0 Å². The van der Waals surface area contributed by atoms with Gasteiger partial charge in [0.05, 0.1) is 11.7 Å². The van der Waals surface area contributed by atoms with E-state index >= 15 is 0 Å². The number of hydrogen-bond acceptors (Lipinski definition) is 1. The molecule has 1 aliphatic heterocycles. The van der Waals surface area contributed by atoms with Crippen molar-refractivity contribution in [1.29, 1.82) is 0 Å². The molecule has 0 spiro atoms. The van der Waals surface area contributed by atoms with Crippen molar-refractivity contribution in [2.45, 2.75) is 52.1 Å². The minimum absolute atomic E-state index is 0.148. The van der Waals surface area contributed by atoms with Gasteiger partial charge in [0.15, 0.2) is 0 Å². The molecular weight excluding hydrogens is 332 g/mol. The van der Waals surface area contributed by atoms with Crippen LogP contribution >= 0.6 is 0 Å². The summed E-state index contributed by atoms with van der Waals surface area (Å²) in [4.78, 5) is 14.9. The number of hydrogen-bond donors (Lipinski definition) is 0. The van der Waals surface area contributed by atoms with E-state index in [0.717, 1.165) is 12.8 Å². The molecule has 1 saturated heterocycles. The molecule has 3 aromatic rings. The fourth-order valence-electron chi connectivity index (χ4n) is 4.56. The van der Waals surface area contributed by atoms with Crippen LogP contribution in [-0.2, 0) is 11.8 Å². The number of rotatable bonds is 4. The Morgan fingerprint density at radius 3 is 2.52 bits per heavy atom. The molecule has 3 nitrogen and oxygen atoms in total. The normalized spacial score (nSPS) is 18.4. The second-order valence-electron chi connectivity index (χ2n) is 7.82. The van der Waals surface area contributed by atoms with Gasteiger partial charge < -0.3 is 9.47 Å². The smallest absolute Gasteiger partial charge is 0.223 e. The molecule has 3 heteroatoms. The van der Waals surface area contributed by atoms with Gasteiger partial charge in [-0.05, 0) is 38.3 Å². The number of carbonyl (C=O) groups is 1. The number of amides is 1.